The molecule has 0 saturated carbocycles. The van der Waals surface area contributed by atoms with Crippen molar-refractivity contribution in [2.24, 2.45) is 11.7 Å². The highest BCUT2D eigenvalue weighted by molar-refractivity contribution is 6.32. The Morgan fingerprint density at radius 2 is 2.50 bits per heavy atom. The fraction of sp³-hybridized carbons (Fsp3) is 0.375. The first-order valence-electron chi connectivity index (χ1n) is 3.56. The number of nitrogens with two attached hydrogens (primary N) is 1. The summed E-state index contributed by atoms with van der Waals surface area (Å²) in [6, 6.07) is 0. The van der Waals surface area contributed by atoms with Gasteiger partial charge < -0.3 is 10.5 Å². The van der Waals surface area contributed by atoms with E-state index >= 15 is 0 Å². The molecule has 0 aromatic carbocycles. The minimum absolute atomic E-state index is 0.279. The Morgan fingerprint density at radius 1 is 1.83 bits per heavy atom. The van der Waals surface area contributed by atoms with Gasteiger partial charge in [0.1, 0.15) is 0 Å². The molecule has 0 aromatic heterocycles. The molecule has 1 unspecified atom stereocenters. The van der Waals surface area contributed by atoms with Gasteiger partial charge in [0, 0.05) is 5.70 Å². The van der Waals surface area contributed by atoms with Gasteiger partial charge in [-0.1, -0.05) is 17.7 Å². The fourth-order valence-corrected chi connectivity index (χ4v) is 1.18. The summed E-state index contributed by atoms with van der Waals surface area (Å²) in [6.07, 6.45) is 3.90. The van der Waals surface area contributed by atoms with E-state index in [4.69, 9.17) is 17.3 Å². The molecule has 0 aromatic rings. The predicted octanol–water partition coefficient (Wildman–Crippen LogP) is 1.14. The van der Waals surface area contributed by atoms with Crippen LogP contribution in [0.25, 0.3) is 0 Å². The third-order valence-corrected chi connectivity index (χ3v) is 2.08. The number of rotatable bonds is 1. The predicted molar refractivity (Wildman–Crippen MR) is 46.3 cm³/mol. The zero-order valence-corrected chi connectivity index (χ0v) is 7.47. The number of esters is 1. The van der Waals surface area contributed by atoms with Gasteiger partial charge in [-0.3, -0.25) is 4.79 Å². The average Bonchev–Trinajstić information content (AvgIpc) is 2.08. The molecule has 2 N–H and O–H groups in total. The van der Waals surface area contributed by atoms with E-state index in [1.165, 1.54) is 7.11 Å². The van der Waals surface area contributed by atoms with E-state index in [-0.39, 0.29) is 11.9 Å². The summed E-state index contributed by atoms with van der Waals surface area (Å²) in [7, 11) is 1.35. The molecule has 3 nitrogen and oxygen atoms in total. The highest BCUT2D eigenvalue weighted by Gasteiger charge is 2.19. The minimum atomic E-state index is -0.280. The Labute approximate surface area is 75.8 Å². The maximum absolute atomic E-state index is 11.0. The van der Waals surface area contributed by atoms with E-state index < -0.39 is 0 Å². The van der Waals surface area contributed by atoms with Crippen molar-refractivity contribution in [3.8, 4) is 0 Å². The van der Waals surface area contributed by atoms with Gasteiger partial charge in [0.25, 0.3) is 0 Å². The van der Waals surface area contributed by atoms with Gasteiger partial charge in [-0.15, -0.1) is 0 Å². The molecular formula is C8H10ClNO2. The molecule has 0 saturated heterocycles. The Hall–Kier alpha value is -0.960. The lowest BCUT2D eigenvalue weighted by Gasteiger charge is -2.14. The highest BCUT2D eigenvalue weighted by atomic mass is 35.5. The standard InChI is InChI=1S/C8H10ClNO2/c1-12-8(11)5-2-3-6(9)7(10)4-5/h3-5H,2,10H2,1H3. The highest BCUT2D eigenvalue weighted by Crippen LogP contribution is 2.22. The number of hydrogen-bond donors (Lipinski definition) is 1. The number of carbonyl (C=O) groups excluding carboxylic acids is 1. The smallest absolute Gasteiger partial charge is 0.312 e. The van der Waals surface area contributed by atoms with Crippen LogP contribution < -0.4 is 5.73 Å². The fourth-order valence-electron chi connectivity index (χ4n) is 1.03. The van der Waals surface area contributed by atoms with Crippen LogP contribution in [0, 0.1) is 5.92 Å². The van der Waals surface area contributed by atoms with Crippen molar-refractivity contribution < 1.29 is 9.53 Å². The monoisotopic (exact) mass is 187 g/mol. The van der Waals surface area contributed by atoms with Gasteiger partial charge in [-0.2, -0.15) is 0 Å². The van der Waals surface area contributed by atoms with Crippen LogP contribution in [0.4, 0.5) is 0 Å². The van der Waals surface area contributed by atoms with Crippen molar-refractivity contribution in [2.45, 2.75) is 6.42 Å². The maximum Gasteiger partial charge on any atom is 0.312 e. The zero-order chi connectivity index (χ0) is 9.14. The quantitative estimate of drug-likeness (QED) is 0.627. The van der Waals surface area contributed by atoms with Crippen molar-refractivity contribution >= 4 is 17.6 Å². The molecule has 0 radical (unpaired) electrons. The third kappa shape index (κ3) is 1.80. The van der Waals surface area contributed by atoms with Crippen LogP contribution in [0.3, 0.4) is 0 Å². The van der Waals surface area contributed by atoms with E-state index in [1.54, 1.807) is 12.2 Å². The molecule has 4 heteroatoms. The van der Waals surface area contributed by atoms with Crippen LogP contribution in [0.1, 0.15) is 6.42 Å². The lowest BCUT2D eigenvalue weighted by atomic mass is 9.99. The number of hydrogen-bond acceptors (Lipinski definition) is 3. The number of halogens is 1. The van der Waals surface area contributed by atoms with Crippen LogP contribution >= 0.6 is 11.6 Å². The summed E-state index contributed by atoms with van der Waals surface area (Å²) in [6.45, 7) is 0. The first kappa shape index (κ1) is 9.13. The van der Waals surface area contributed by atoms with Gasteiger partial charge >= 0.3 is 5.97 Å². The van der Waals surface area contributed by atoms with Gasteiger partial charge in [-0.25, -0.2) is 0 Å². The Balaban J connectivity index is 2.71. The second-order valence-electron chi connectivity index (χ2n) is 2.54. The van der Waals surface area contributed by atoms with Crippen LogP contribution in [-0.2, 0) is 9.53 Å². The lowest BCUT2D eigenvalue weighted by Crippen LogP contribution is -2.18. The van der Waals surface area contributed by atoms with Gasteiger partial charge in [0.2, 0.25) is 0 Å². The van der Waals surface area contributed by atoms with Crippen LogP contribution in [0.15, 0.2) is 22.9 Å². The zero-order valence-electron chi connectivity index (χ0n) is 6.71. The SMILES string of the molecule is COC(=O)C1C=C(N)C(Cl)=CC1. The minimum Gasteiger partial charge on any atom is -0.469 e. The summed E-state index contributed by atoms with van der Waals surface area (Å²) in [5.74, 6) is -0.559. The van der Waals surface area contributed by atoms with E-state index in [0.717, 1.165) is 0 Å². The van der Waals surface area contributed by atoms with Crippen molar-refractivity contribution in [3.05, 3.63) is 22.9 Å². The van der Waals surface area contributed by atoms with Gasteiger partial charge in [-0.05, 0) is 12.5 Å². The first-order valence-corrected chi connectivity index (χ1v) is 3.94. The van der Waals surface area contributed by atoms with E-state index in [0.29, 0.717) is 17.2 Å². The summed E-state index contributed by atoms with van der Waals surface area (Å²) in [5.41, 5.74) is 5.96. The van der Waals surface area contributed by atoms with E-state index in [1.807, 2.05) is 0 Å². The number of methoxy groups -OCH3 is 1. The third-order valence-electron chi connectivity index (χ3n) is 1.71. The molecule has 0 fully saturated rings. The van der Waals surface area contributed by atoms with Crippen LogP contribution in [0.2, 0.25) is 0 Å². The molecule has 0 aliphatic heterocycles. The van der Waals surface area contributed by atoms with Crippen LogP contribution in [-0.4, -0.2) is 13.1 Å². The maximum atomic E-state index is 11.0. The Morgan fingerprint density at radius 3 is 3.00 bits per heavy atom. The second-order valence-corrected chi connectivity index (χ2v) is 2.95. The molecule has 0 amide bonds. The molecule has 1 rings (SSSR count). The van der Waals surface area contributed by atoms with Crippen molar-refractivity contribution in [2.75, 3.05) is 7.11 Å². The summed E-state index contributed by atoms with van der Waals surface area (Å²) in [5, 5.41) is 0.509. The summed E-state index contributed by atoms with van der Waals surface area (Å²) < 4.78 is 4.56. The molecular weight excluding hydrogens is 178 g/mol. The molecule has 0 bridgehead atoms. The molecule has 0 heterocycles. The topological polar surface area (TPSA) is 52.3 Å². The second kappa shape index (κ2) is 3.63. The average molecular weight is 188 g/mol. The number of allylic oxidation sites excluding steroid dienone is 2. The van der Waals surface area contributed by atoms with Gasteiger partial charge in [0.15, 0.2) is 0 Å². The molecule has 66 valence electrons. The molecule has 1 aliphatic rings. The Bertz CT molecular complexity index is 258. The largest absolute Gasteiger partial charge is 0.469 e. The van der Waals surface area contributed by atoms with Gasteiger partial charge in [0.05, 0.1) is 18.1 Å². The normalized spacial score (nSPS) is 22.7. The number of ether oxygens (including phenoxy) is 1. The van der Waals surface area contributed by atoms with Crippen molar-refractivity contribution in [3.63, 3.8) is 0 Å². The van der Waals surface area contributed by atoms with Crippen molar-refractivity contribution in [1.82, 2.24) is 0 Å². The lowest BCUT2D eigenvalue weighted by molar-refractivity contribution is -0.143. The number of carbonyl (C=O) groups is 1. The molecule has 1 atom stereocenters. The van der Waals surface area contributed by atoms with Crippen molar-refractivity contribution in [1.29, 1.82) is 0 Å². The molecule has 0 spiro atoms. The first-order chi connectivity index (χ1) is 5.65. The molecule has 1 aliphatic carbocycles. The van der Waals surface area contributed by atoms with Crippen LogP contribution in [0.5, 0.6) is 0 Å². The van der Waals surface area contributed by atoms with E-state index in [2.05, 4.69) is 4.74 Å². The summed E-state index contributed by atoms with van der Waals surface area (Å²) in [4.78, 5) is 11.0. The Kier molecular flexibility index (Phi) is 2.76. The summed E-state index contributed by atoms with van der Waals surface area (Å²) >= 11 is 5.70. The molecule has 12 heavy (non-hydrogen) atoms. The van der Waals surface area contributed by atoms with E-state index in [9.17, 15) is 4.79 Å².